The zero-order chi connectivity index (χ0) is 25.5. The summed E-state index contributed by atoms with van der Waals surface area (Å²) in [6, 6.07) is 24.5. The molecule has 1 fully saturated rings. The third-order valence-electron chi connectivity index (χ3n) is 6.78. The Morgan fingerprint density at radius 3 is 2.03 bits per heavy atom. The van der Waals surface area contributed by atoms with E-state index >= 15 is 0 Å². The van der Waals surface area contributed by atoms with E-state index in [4.69, 9.17) is 9.47 Å². The van der Waals surface area contributed by atoms with Crippen molar-refractivity contribution in [3.05, 3.63) is 83.9 Å². The number of methoxy groups -OCH3 is 2. The van der Waals surface area contributed by atoms with E-state index < -0.39 is 0 Å². The first-order valence-corrected chi connectivity index (χ1v) is 12.3. The number of amides is 1. The smallest absolute Gasteiger partial charge is 0.258 e. The molecule has 0 aromatic heterocycles. The van der Waals surface area contributed by atoms with Gasteiger partial charge in [0.05, 0.1) is 20.3 Å². The van der Waals surface area contributed by atoms with Gasteiger partial charge < -0.3 is 24.6 Å². The molecule has 0 saturated carbocycles. The Morgan fingerprint density at radius 1 is 0.861 bits per heavy atom. The topological polar surface area (TPSA) is 57.3 Å². The SMILES string of the molecule is COc1cccc(OC)c1C(=O)NC[C@H](c1ccc(N(C)C)cc1)N1CCN(c2ccccc2)CC1. The van der Waals surface area contributed by atoms with Gasteiger partial charge >= 0.3 is 0 Å². The number of nitrogens with one attached hydrogen (secondary N) is 1. The zero-order valence-corrected chi connectivity index (χ0v) is 21.6. The van der Waals surface area contributed by atoms with Crippen molar-refractivity contribution in [2.45, 2.75) is 6.04 Å². The van der Waals surface area contributed by atoms with E-state index in [1.165, 1.54) is 11.3 Å². The fraction of sp³-hybridized carbons (Fsp3) is 0.345. The maximum atomic E-state index is 13.3. The summed E-state index contributed by atoms with van der Waals surface area (Å²) in [6.45, 7) is 4.16. The van der Waals surface area contributed by atoms with E-state index in [0.717, 1.165) is 31.9 Å². The summed E-state index contributed by atoms with van der Waals surface area (Å²) in [5.74, 6) is 0.785. The van der Waals surface area contributed by atoms with E-state index in [9.17, 15) is 4.79 Å². The number of anilines is 2. The number of benzene rings is 3. The molecule has 1 amide bonds. The predicted octanol–water partition coefficient (Wildman–Crippen LogP) is 4.06. The average molecular weight is 489 g/mol. The lowest BCUT2D eigenvalue weighted by Crippen LogP contribution is -2.50. The first-order chi connectivity index (χ1) is 17.5. The van der Waals surface area contributed by atoms with Gasteiger partial charge in [-0.2, -0.15) is 0 Å². The highest BCUT2D eigenvalue weighted by Gasteiger charge is 2.27. The third-order valence-corrected chi connectivity index (χ3v) is 6.78. The fourth-order valence-corrected chi connectivity index (χ4v) is 4.74. The molecule has 0 bridgehead atoms. The van der Waals surface area contributed by atoms with Crippen molar-refractivity contribution in [3.8, 4) is 11.5 Å². The molecule has 1 heterocycles. The molecular formula is C29H36N4O3. The van der Waals surface area contributed by atoms with Crippen LogP contribution in [0.3, 0.4) is 0 Å². The molecule has 1 aliphatic heterocycles. The van der Waals surface area contributed by atoms with Crippen LogP contribution in [-0.2, 0) is 0 Å². The molecule has 3 aromatic rings. The van der Waals surface area contributed by atoms with Gasteiger partial charge in [0.15, 0.2) is 0 Å². The number of hydrogen-bond donors (Lipinski definition) is 1. The van der Waals surface area contributed by atoms with Crippen LogP contribution >= 0.6 is 0 Å². The van der Waals surface area contributed by atoms with Gasteiger partial charge in [-0.05, 0) is 42.0 Å². The zero-order valence-electron chi connectivity index (χ0n) is 21.6. The molecule has 190 valence electrons. The summed E-state index contributed by atoms with van der Waals surface area (Å²) in [5, 5.41) is 3.16. The Kier molecular flexibility index (Phi) is 8.33. The van der Waals surface area contributed by atoms with Crippen LogP contribution in [0.2, 0.25) is 0 Å². The molecule has 36 heavy (non-hydrogen) atoms. The van der Waals surface area contributed by atoms with E-state index in [-0.39, 0.29) is 11.9 Å². The van der Waals surface area contributed by atoms with Gasteiger partial charge in [0.2, 0.25) is 0 Å². The van der Waals surface area contributed by atoms with Gasteiger partial charge in [-0.1, -0.05) is 36.4 Å². The van der Waals surface area contributed by atoms with E-state index in [1.807, 2.05) is 26.2 Å². The molecule has 0 aliphatic carbocycles. The summed E-state index contributed by atoms with van der Waals surface area (Å²) < 4.78 is 10.9. The molecule has 4 rings (SSSR count). The molecule has 1 saturated heterocycles. The number of nitrogens with zero attached hydrogens (tertiary/aromatic N) is 3. The minimum Gasteiger partial charge on any atom is -0.496 e. The summed E-state index contributed by atoms with van der Waals surface area (Å²) in [5.41, 5.74) is 3.99. The van der Waals surface area contributed by atoms with Gasteiger partial charge in [0, 0.05) is 58.2 Å². The van der Waals surface area contributed by atoms with Crippen molar-refractivity contribution in [3.63, 3.8) is 0 Å². The van der Waals surface area contributed by atoms with Crippen LogP contribution in [0, 0.1) is 0 Å². The van der Waals surface area contributed by atoms with Crippen LogP contribution in [0.1, 0.15) is 22.0 Å². The van der Waals surface area contributed by atoms with E-state index in [1.54, 1.807) is 26.4 Å². The van der Waals surface area contributed by atoms with Crippen molar-refractivity contribution in [1.29, 1.82) is 0 Å². The monoisotopic (exact) mass is 488 g/mol. The molecule has 1 aliphatic rings. The number of para-hydroxylation sites is 1. The van der Waals surface area contributed by atoms with Crippen LogP contribution in [0.25, 0.3) is 0 Å². The first-order valence-electron chi connectivity index (χ1n) is 12.3. The van der Waals surface area contributed by atoms with Gasteiger partial charge in [-0.3, -0.25) is 9.69 Å². The Bertz CT molecular complexity index is 1100. The molecule has 1 N–H and O–H groups in total. The van der Waals surface area contributed by atoms with Crippen LogP contribution in [0.4, 0.5) is 11.4 Å². The largest absolute Gasteiger partial charge is 0.496 e. The maximum Gasteiger partial charge on any atom is 0.258 e. The van der Waals surface area contributed by atoms with Crippen molar-refractivity contribution in [2.75, 3.05) is 70.8 Å². The second-order valence-corrected chi connectivity index (χ2v) is 9.11. The molecule has 1 atom stereocenters. The summed E-state index contributed by atoms with van der Waals surface area (Å²) in [4.78, 5) is 20.3. The fourth-order valence-electron chi connectivity index (χ4n) is 4.74. The summed E-state index contributed by atoms with van der Waals surface area (Å²) in [7, 11) is 7.20. The molecule has 0 radical (unpaired) electrons. The molecule has 0 unspecified atom stereocenters. The van der Waals surface area contributed by atoms with Crippen molar-refractivity contribution in [1.82, 2.24) is 10.2 Å². The second-order valence-electron chi connectivity index (χ2n) is 9.11. The number of piperazine rings is 1. The molecule has 0 spiro atoms. The Hall–Kier alpha value is -3.71. The molecule has 3 aromatic carbocycles. The van der Waals surface area contributed by atoms with Gasteiger partial charge in [0.25, 0.3) is 5.91 Å². The van der Waals surface area contributed by atoms with Crippen LogP contribution in [0.15, 0.2) is 72.8 Å². The lowest BCUT2D eigenvalue weighted by Gasteiger charge is -2.40. The van der Waals surface area contributed by atoms with Crippen LogP contribution < -0.4 is 24.6 Å². The standard InChI is InChI=1S/C29H36N4O3/c1-31(2)23-15-13-22(14-16-23)25(33-19-17-32(18-20-33)24-9-6-5-7-10-24)21-30-29(34)28-26(35-3)11-8-12-27(28)36-4/h5-16,25H,17-21H2,1-4H3,(H,30,34)/t25-/m1/s1. The normalized spacial score (nSPS) is 14.7. The molecule has 7 nitrogen and oxygen atoms in total. The van der Waals surface area contributed by atoms with Gasteiger partial charge in [-0.25, -0.2) is 0 Å². The minimum absolute atomic E-state index is 0.0452. The summed E-state index contributed by atoms with van der Waals surface area (Å²) in [6.07, 6.45) is 0. The molecular weight excluding hydrogens is 452 g/mol. The minimum atomic E-state index is -0.206. The number of hydrogen-bond acceptors (Lipinski definition) is 6. The number of rotatable bonds is 9. The predicted molar refractivity (Wildman–Crippen MR) is 146 cm³/mol. The van der Waals surface area contributed by atoms with Crippen molar-refractivity contribution in [2.24, 2.45) is 0 Å². The molecule has 7 heteroatoms. The first kappa shape index (κ1) is 25.4. The van der Waals surface area contributed by atoms with Gasteiger partial charge in [-0.15, -0.1) is 0 Å². The third kappa shape index (κ3) is 5.74. The highest BCUT2D eigenvalue weighted by atomic mass is 16.5. The summed E-state index contributed by atoms with van der Waals surface area (Å²) >= 11 is 0. The van der Waals surface area contributed by atoms with Crippen molar-refractivity contribution >= 4 is 17.3 Å². The Labute approximate surface area is 214 Å². The highest BCUT2D eigenvalue weighted by Crippen LogP contribution is 2.29. The second kappa shape index (κ2) is 11.8. The van der Waals surface area contributed by atoms with E-state index in [2.05, 4.69) is 68.5 Å². The highest BCUT2D eigenvalue weighted by molar-refractivity contribution is 5.99. The lowest BCUT2D eigenvalue weighted by molar-refractivity contribution is 0.0924. The van der Waals surface area contributed by atoms with Crippen LogP contribution in [-0.4, -0.2) is 71.8 Å². The van der Waals surface area contributed by atoms with Gasteiger partial charge in [0.1, 0.15) is 17.1 Å². The lowest BCUT2D eigenvalue weighted by atomic mass is 10.0. The Morgan fingerprint density at radius 2 is 1.47 bits per heavy atom. The van der Waals surface area contributed by atoms with Crippen LogP contribution in [0.5, 0.6) is 11.5 Å². The number of carbonyl (C=O) groups is 1. The quantitative estimate of drug-likeness (QED) is 0.490. The van der Waals surface area contributed by atoms with Crippen molar-refractivity contribution < 1.29 is 14.3 Å². The number of carbonyl (C=O) groups excluding carboxylic acids is 1. The van der Waals surface area contributed by atoms with E-state index in [0.29, 0.717) is 23.6 Å². The number of ether oxygens (including phenoxy) is 2. The Balaban J connectivity index is 1.53. The average Bonchev–Trinajstić information content (AvgIpc) is 2.93. The maximum absolute atomic E-state index is 13.3.